The summed E-state index contributed by atoms with van der Waals surface area (Å²) in [6.45, 7) is 0.378. The molecule has 0 radical (unpaired) electrons. The van der Waals surface area contributed by atoms with E-state index in [9.17, 15) is 4.79 Å². The van der Waals surface area contributed by atoms with E-state index in [1.807, 2.05) is 30.3 Å². The SMILES string of the molecule is COc1ccccc1CNC(=O)c1c[nH]c2cc(OC)c(OC)cc12. The Morgan fingerprint density at radius 2 is 1.68 bits per heavy atom. The van der Waals surface area contributed by atoms with Crippen LogP contribution in [0.15, 0.2) is 42.6 Å². The molecule has 6 nitrogen and oxygen atoms in total. The van der Waals surface area contributed by atoms with Gasteiger partial charge in [0.15, 0.2) is 11.5 Å². The minimum absolute atomic E-state index is 0.177. The van der Waals surface area contributed by atoms with E-state index in [1.165, 1.54) is 0 Å². The molecule has 0 fully saturated rings. The lowest BCUT2D eigenvalue weighted by Crippen LogP contribution is -2.22. The summed E-state index contributed by atoms with van der Waals surface area (Å²) in [5.74, 6) is 1.75. The number of benzene rings is 2. The van der Waals surface area contributed by atoms with Crippen molar-refractivity contribution in [3.63, 3.8) is 0 Å². The largest absolute Gasteiger partial charge is 0.496 e. The van der Waals surface area contributed by atoms with Gasteiger partial charge in [-0.25, -0.2) is 0 Å². The third-order valence-electron chi connectivity index (χ3n) is 4.06. The van der Waals surface area contributed by atoms with Crippen LogP contribution in [-0.2, 0) is 6.54 Å². The summed E-state index contributed by atoms with van der Waals surface area (Å²) < 4.78 is 15.9. The van der Waals surface area contributed by atoms with Gasteiger partial charge in [0.1, 0.15) is 5.75 Å². The van der Waals surface area contributed by atoms with E-state index in [1.54, 1.807) is 33.6 Å². The summed E-state index contributed by atoms with van der Waals surface area (Å²) in [4.78, 5) is 15.7. The molecule has 1 heterocycles. The Morgan fingerprint density at radius 3 is 2.40 bits per heavy atom. The molecule has 0 aliphatic carbocycles. The maximum absolute atomic E-state index is 12.6. The van der Waals surface area contributed by atoms with E-state index in [4.69, 9.17) is 14.2 Å². The molecular weight excluding hydrogens is 320 g/mol. The lowest BCUT2D eigenvalue weighted by molar-refractivity contribution is 0.0952. The Morgan fingerprint density at radius 1 is 1.00 bits per heavy atom. The highest BCUT2D eigenvalue weighted by Gasteiger charge is 2.16. The minimum Gasteiger partial charge on any atom is -0.496 e. The smallest absolute Gasteiger partial charge is 0.253 e. The summed E-state index contributed by atoms with van der Waals surface area (Å²) in [6, 6.07) is 11.2. The third kappa shape index (κ3) is 3.24. The van der Waals surface area contributed by atoms with Gasteiger partial charge in [0.05, 0.1) is 32.4 Å². The van der Waals surface area contributed by atoms with Crippen LogP contribution in [0.2, 0.25) is 0 Å². The predicted octanol–water partition coefficient (Wildman–Crippen LogP) is 3.12. The van der Waals surface area contributed by atoms with Gasteiger partial charge in [0, 0.05) is 29.8 Å². The summed E-state index contributed by atoms with van der Waals surface area (Å²) in [5.41, 5.74) is 2.27. The van der Waals surface area contributed by atoms with E-state index < -0.39 is 0 Å². The Bertz CT molecular complexity index is 902. The predicted molar refractivity (Wildman–Crippen MR) is 95.6 cm³/mol. The van der Waals surface area contributed by atoms with Crippen molar-refractivity contribution in [3.05, 3.63) is 53.7 Å². The molecule has 1 amide bonds. The Kier molecular flexibility index (Phi) is 4.79. The van der Waals surface area contributed by atoms with Crippen LogP contribution in [0.3, 0.4) is 0 Å². The molecule has 0 aliphatic rings. The maximum atomic E-state index is 12.6. The molecule has 0 spiro atoms. The molecule has 6 heteroatoms. The monoisotopic (exact) mass is 340 g/mol. The quantitative estimate of drug-likeness (QED) is 0.723. The summed E-state index contributed by atoms with van der Waals surface area (Å²) in [6.07, 6.45) is 1.68. The van der Waals surface area contributed by atoms with Crippen molar-refractivity contribution >= 4 is 16.8 Å². The van der Waals surface area contributed by atoms with E-state index in [0.29, 0.717) is 23.6 Å². The second-order valence-electron chi connectivity index (χ2n) is 5.45. The molecule has 2 aromatic carbocycles. The fourth-order valence-corrected chi connectivity index (χ4v) is 2.76. The number of aromatic nitrogens is 1. The highest BCUT2D eigenvalue weighted by Crippen LogP contribution is 2.33. The lowest BCUT2D eigenvalue weighted by atomic mass is 10.1. The first-order valence-electron chi connectivity index (χ1n) is 7.81. The second-order valence-corrected chi connectivity index (χ2v) is 5.45. The van der Waals surface area contributed by atoms with Crippen LogP contribution in [0.25, 0.3) is 10.9 Å². The molecule has 3 rings (SSSR count). The van der Waals surface area contributed by atoms with E-state index in [2.05, 4.69) is 10.3 Å². The normalized spacial score (nSPS) is 10.5. The fourth-order valence-electron chi connectivity index (χ4n) is 2.76. The van der Waals surface area contributed by atoms with Crippen molar-refractivity contribution in [1.82, 2.24) is 10.3 Å². The maximum Gasteiger partial charge on any atom is 0.253 e. The number of hydrogen-bond donors (Lipinski definition) is 2. The van der Waals surface area contributed by atoms with E-state index >= 15 is 0 Å². The average Bonchev–Trinajstić information content (AvgIpc) is 3.07. The molecule has 25 heavy (non-hydrogen) atoms. The van der Waals surface area contributed by atoms with Crippen LogP contribution < -0.4 is 19.5 Å². The summed E-state index contributed by atoms with van der Waals surface area (Å²) >= 11 is 0. The zero-order valence-corrected chi connectivity index (χ0v) is 14.4. The van der Waals surface area contributed by atoms with Gasteiger partial charge in [-0.15, -0.1) is 0 Å². The molecule has 1 aromatic heterocycles. The molecule has 3 aromatic rings. The first-order valence-corrected chi connectivity index (χ1v) is 7.81. The lowest BCUT2D eigenvalue weighted by Gasteiger charge is -2.10. The Balaban J connectivity index is 1.85. The van der Waals surface area contributed by atoms with Crippen molar-refractivity contribution in [2.45, 2.75) is 6.54 Å². The number of amides is 1. The van der Waals surface area contributed by atoms with Crippen LogP contribution in [-0.4, -0.2) is 32.2 Å². The van der Waals surface area contributed by atoms with Gasteiger partial charge in [-0.1, -0.05) is 18.2 Å². The second kappa shape index (κ2) is 7.17. The number of hydrogen-bond acceptors (Lipinski definition) is 4. The highest BCUT2D eigenvalue weighted by molar-refractivity contribution is 6.07. The number of para-hydroxylation sites is 1. The first-order chi connectivity index (χ1) is 12.2. The van der Waals surface area contributed by atoms with Gasteiger partial charge in [-0.3, -0.25) is 4.79 Å². The molecular formula is C19H20N2O4. The van der Waals surface area contributed by atoms with Gasteiger partial charge in [-0.2, -0.15) is 0 Å². The molecule has 130 valence electrons. The van der Waals surface area contributed by atoms with Crippen LogP contribution in [0.4, 0.5) is 0 Å². The zero-order chi connectivity index (χ0) is 17.8. The molecule has 0 bridgehead atoms. The van der Waals surface area contributed by atoms with Crippen molar-refractivity contribution in [2.24, 2.45) is 0 Å². The molecule has 0 aliphatic heterocycles. The molecule has 0 unspecified atom stereocenters. The standard InChI is InChI=1S/C19H20N2O4/c1-23-16-7-5-4-6-12(16)10-21-19(22)14-11-20-15-9-18(25-3)17(24-2)8-13(14)15/h4-9,11,20H,10H2,1-3H3,(H,21,22). The number of carbonyl (C=O) groups is 1. The van der Waals surface area contributed by atoms with Gasteiger partial charge >= 0.3 is 0 Å². The summed E-state index contributed by atoms with van der Waals surface area (Å²) in [5, 5.41) is 3.70. The topological polar surface area (TPSA) is 72.6 Å². The number of ether oxygens (including phenoxy) is 3. The fraction of sp³-hybridized carbons (Fsp3) is 0.211. The van der Waals surface area contributed by atoms with Gasteiger partial charge in [-0.05, 0) is 12.1 Å². The van der Waals surface area contributed by atoms with Gasteiger partial charge < -0.3 is 24.5 Å². The number of aromatic amines is 1. The number of methoxy groups -OCH3 is 3. The number of rotatable bonds is 6. The number of nitrogens with one attached hydrogen (secondary N) is 2. The van der Waals surface area contributed by atoms with Crippen molar-refractivity contribution in [3.8, 4) is 17.2 Å². The average molecular weight is 340 g/mol. The number of fused-ring (bicyclic) bond motifs is 1. The molecule has 2 N–H and O–H groups in total. The van der Waals surface area contributed by atoms with Crippen LogP contribution in [0.5, 0.6) is 17.2 Å². The number of H-pyrrole nitrogens is 1. The first kappa shape index (κ1) is 16.7. The highest BCUT2D eigenvalue weighted by atomic mass is 16.5. The molecule has 0 saturated heterocycles. The van der Waals surface area contributed by atoms with Gasteiger partial charge in [0.2, 0.25) is 0 Å². The van der Waals surface area contributed by atoms with Crippen LogP contribution in [0.1, 0.15) is 15.9 Å². The molecule has 0 saturated carbocycles. The molecule has 0 atom stereocenters. The van der Waals surface area contributed by atoms with E-state index in [0.717, 1.165) is 22.2 Å². The Labute approximate surface area is 145 Å². The third-order valence-corrected chi connectivity index (χ3v) is 4.06. The van der Waals surface area contributed by atoms with Crippen molar-refractivity contribution < 1.29 is 19.0 Å². The van der Waals surface area contributed by atoms with E-state index in [-0.39, 0.29) is 5.91 Å². The van der Waals surface area contributed by atoms with Crippen LogP contribution in [0, 0.1) is 0 Å². The van der Waals surface area contributed by atoms with Crippen molar-refractivity contribution in [2.75, 3.05) is 21.3 Å². The Hall–Kier alpha value is -3.15. The summed E-state index contributed by atoms with van der Waals surface area (Å²) in [7, 11) is 4.76. The van der Waals surface area contributed by atoms with Crippen molar-refractivity contribution in [1.29, 1.82) is 0 Å². The number of carbonyl (C=O) groups excluding carboxylic acids is 1. The minimum atomic E-state index is -0.177. The van der Waals surface area contributed by atoms with Crippen LogP contribution >= 0.6 is 0 Å². The van der Waals surface area contributed by atoms with Gasteiger partial charge in [0.25, 0.3) is 5.91 Å². The zero-order valence-electron chi connectivity index (χ0n) is 14.4.